The molecule has 2 aromatic carbocycles. The average molecular weight is 449 g/mol. The van der Waals surface area contributed by atoms with Gasteiger partial charge in [-0.15, -0.1) is 0 Å². The lowest BCUT2D eigenvalue weighted by Crippen LogP contribution is -2.27. The summed E-state index contributed by atoms with van der Waals surface area (Å²) in [6.45, 7) is -0.0494. The molecule has 1 unspecified atom stereocenters. The van der Waals surface area contributed by atoms with Crippen molar-refractivity contribution in [2.24, 2.45) is 0 Å². The van der Waals surface area contributed by atoms with E-state index < -0.39 is 11.7 Å². The summed E-state index contributed by atoms with van der Waals surface area (Å²) in [6, 6.07) is 14.4. The van der Waals surface area contributed by atoms with Crippen LogP contribution in [0.3, 0.4) is 0 Å². The van der Waals surface area contributed by atoms with Gasteiger partial charge in [0.05, 0.1) is 11.4 Å². The average Bonchev–Trinajstić information content (AvgIpc) is 2.74. The van der Waals surface area contributed by atoms with E-state index in [0.29, 0.717) is 32.6 Å². The van der Waals surface area contributed by atoms with E-state index in [2.05, 4.69) is 10.3 Å². The number of likely N-dealkylation sites (N-methyl/N-ethyl adjacent to an activating group) is 1. The van der Waals surface area contributed by atoms with E-state index in [1.54, 1.807) is 42.5 Å². The van der Waals surface area contributed by atoms with Crippen molar-refractivity contribution in [3.05, 3.63) is 81.7 Å². The number of aromatic nitrogens is 1. The third kappa shape index (κ3) is 4.73. The first-order valence-corrected chi connectivity index (χ1v) is 9.76. The smallest absolute Gasteiger partial charge is 0.233 e. The molecule has 0 aliphatic carbocycles. The maximum Gasteiger partial charge on any atom is 0.233 e. The summed E-state index contributed by atoms with van der Waals surface area (Å²) in [5.41, 5.74) is 1.94. The van der Waals surface area contributed by atoms with E-state index >= 15 is 0 Å². The zero-order valence-corrected chi connectivity index (χ0v) is 17.8. The van der Waals surface area contributed by atoms with Crippen LogP contribution in [0.25, 0.3) is 11.3 Å². The third-order valence-electron chi connectivity index (χ3n) is 4.42. The van der Waals surface area contributed by atoms with E-state index in [1.165, 1.54) is 26.3 Å². The van der Waals surface area contributed by atoms with Crippen molar-refractivity contribution in [2.45, 2.75) is 5.92 Å². The van der Waals surface area contributed by atoms with Crippen molar-refractivity contribution in [2.75, 3.05) is 21.0 Å². The molecule has 3 rings (SSSR count). The van der Waals surface area contributed by atoms with Gasteiger partial charge >= 0.3 is 0 Å². The van der Waals surface area contributed by atoms with Gasteiger partial charge in [-0.05, 0) is 36.4 Å². The second-order valence-electron chi connectivity index (χ2n) is 6.32. The normalized spacial score (nSPS) is 11.8. The van der Waals surface area contributed by atoms with Gasteiger partial charge in [-0.1, -0.05) is 35.3 Å². The van der Waals surface area contributed by atoms with Crippen LogP contribution in [0.4, 0.5) is 4.39 Å². The van der Waals surface area contributed by atoms with Crippen molar-refractivity contribution in [1.29, 1.82) is 0 Å². The second kappa shape index (κ2) is 9.89. The molecule has 0 saturated carbocycles. The Morgan fingerprint density at radius 2 is 1.83 bits per heavy atom. The van der Waals surface area contributed by atoms with Gasteiger partial charge in [0, 0.05) is 41.4 Å². The summed E-state index contributed by atoms with van der Waals surface area (Å²) >= 11 is 12.7. The van der Waals surface area contributed by atoms with E-state index in [-0.39, 0.29) is 18.4 Å². The molecule has 3 aromatic rings. The number of carbonyl (C=O) groups excluding carboxylic acids is 1. The Labute approximate surface area is 183 Å². The Morgan fingerprint density at radius 3 is 2.50 bits per heavy atom. The highest BCUT2D eigenvalue weighted by Crippen LogP contribution is 2.37. The van der Waals surface area contributed by atoms with Crippen LogP contribution in [0, 0.1) is 5.82 Å². The molecule has 0 fully saturated rings. The van der Waals surface area contributed by atoms with Gasteiger partial charge in [-0.25, -0.2) is 4.39 Å². The van der Waals surface area contributed by atoms with Crippen LogP contribution in [0.5, 0.6) is 5.75 Å². The molecule has 30 heavy (non-hydrogen) atoms. The first-order chi connectivity index (χ1) is 14.5. The molecule has 1 heterocycles. The summed E-state index contributed by atoms with van der Waals surface area (Å²) in [5.74, 6) is -1.33. The number of carbonyl (C=O) groups is 1. The van der Waals surface area contributed by atoms with Gasteiger partial charge in [0.1, 0.15) is 17.5 Å². The molecule has 156 valence electrons. The van der Waals surface area contributed by atoms with Crippen molar-refractivity contribution < 1.29 is 18.7 Å². The Bertz CT molecular complexity index is 1040. The Balaban J connectivity index is 2.13. The molecular formula is C22H19Cl2FN2O3. The summed E-state index contributed by atoms with van der Waals surface area (Å²) in [6.07, 6.45) is 0. The lowest BCUT2D eigenvalue weighted by molar-refractivity contribution is -0.121. The van der Waals surface area contributed by atoms with Crippen LogP contribution in [0.1, 0.15) is 17.2 Å². The third-order valence-corrected chi connectivity index (χ3v) is 5.07. The molecular weight excluding hydrogens is 430 g/mol. The predicted octanol–water partition coefficient (Wildman–Crippen LogP) is 5.06. The SMILES string of the molecule is CNC(=O)C(c1cccc(-c2ccc(F)cc2OCOC)n1)c1c(Cl)cccc1Cl. The van der Waals surface area contributed by atoms with Crippen LogP contribution in [-0.2, 0) is 9.53 Å². The molecule has 0 radical (unpaired) electrons. The predicted molar refractivity (Wildman–Crippen MR) is 115 cm³/mol. The molecule has 0 aliphatic heterocycles. The van der Waals surface area contributed by atoms with Crippen LogP contribution in [0.15, 0.2) is 54.6 Å². The van der Waals surface area contributed by atoms with Crippen LogP contribution >= 0.6 is 23.2 Å². The number of ether oxygens (including phenoxy) is 2. The monoisotopic (exact) mass is 448 g/mol. The van der Waals surface area contributed by atoms with Crippen molar-refractivity contribution in [3.63, 3.8) is 0 Å². The van der Waals surface area contributed by atoms with Crippen LogP contribution in [0.2, 0.25) is 10.0 Å². The van der Waals surface area contributed by atoms with Gasteiger partial charge in [-0.3, -0.25) is 9.78 Å². The fourth-order valence-corrected chi connectivity index (χ4v) is 3.67. The molecule has 1 amide bonds. The van der Waals surface area contributed by atoms with Gasteiger partial charge in [0.2, 0.25) is 5.91 Å². The number of methoxy groups -OCH3 is 1. The molecule has 0 bridgehead atoms. The molecule has 0 spiro atoms. The largest absolute Gasteiger partial charge is 0.467 e. The maximum absolute atomic E-state index is 13.7. The van der Waals surface area contributed by atoms with E-state index in [9.17, 15) is 9.18 Å². The fraction of sp³-hybridized carbons (Fsp3) is 0.182. The number of amides is 1. The first kappa shape index (κ1) is 22.0. The Hall–Kier alpha value is -2.67. The molecule has 8 heteroatoms. The molecule has 1 aromatic heterocycles. The number of hydrogen-bond acceptors (Lipinski definition) is 4. The summed E-state index contributed by atoms with van der Waals surface area (Å²) < 4.78 is 24.1. The molecule has 0 saturated heterocycles. The number of pyridine rings is 1. The standard InChI is InChI=1S/C22H19Cl2FN2O3/c1-26-22(28)21(20-15(23)5-3-6-16(20)24)18-8-4-7-17(27-18)14-10-9-13(25)11-19(14)30-12-29-2/h3-11,21H,12H2,1-2H3,(H,26,28). The number of benzene rings is 2. The zero-order valence-electron chi connectivity index (χ0n) is 16.3. The van der Waals surface area contributed by atoms with E-state index in [1.807, 2.05) is 0 Å². The zero-order chi connectivity index (χ0) is 21.7. The van der Waals surface area contributed by atoms with Crippen molar-refractivity contribution in [1.82, 2.24) is 10.3 Å². The quantitative estimate of drug-likeness (QED) is 0.513. The topological polar surface area (TPSA) is 60.5 Å². The molecule has 5 nitrogen and oxygen atoms in total. The van der Waals surface area contributed by atoms with Crippen LogP contribution < -0.4 is 10.1 Å². The number of rotatable bonds is 7. The van der Waals surface area contributed by atoms with Gasteiger partial charge < -0.3 is 14.8 Å². The Morgan fingerprint density at radius 1 is 1.13 bits per heavy atom. The van der Waals surface area contributed by atoms with E-state index in [0.717, 1.165) is 0 Å². The minimum absolute atomic E-state index is 0.0494. The maximum atomic E-state index is 13.7. The van der Waals surface area contributed by atoms with Crippen molar-refractivity contribution >= 4 is 29.1 Å². The number of nitrogens with one attached hydrogen (secondary N) is 1. The summed E-state index contributed by atoms with van der Waals surface area (Å²) in [5, 5.41) is 3.35. The highest BCUT2D eigenvalue weighted by molar-refractivity contribution is 6.36. The molecule has 1 N–H and O–H groups in total. The number of hydrogen-bond donors (Lipinski definition) is 1. The number of halogens is 3. The highest BCUT2D eigenvalue weighted by Gasteiger charge is 2.28. The summed E-state index contributed by atoms with van der Waals surface area (Å²) in [7, 11) is 3.00. The molecule has 0 aliphatic rings. The fourth-order valence-electron chi connectivity index (χ4n) is 3.06. The minimum Gasteiger partial charge on any atom is -0.467 e. The van der Waals surface area contributed by atoms with Crippen LogP contribution in [-0.4, -0.2) is 31.8 Å². The summed E-state index contributed by atoms with van der Waals surface area (Å²) in [4.78, 5) is 17.4. The molecule has 1 atom stereocenters. The van der Waals surface area contributed by atoms with E-state index in [4.69, 9.17) is 32.7 Å². The van der Waals surface area contributed by atoms with Gasteiger partial charge in [0.15, 0.2) is 6.79 Å². The Kier molecular flexibility index (Phi) is 7.26. The second-order valence-corrected chi connectivity index (χ2v) is 7.14. The lowest BCUT2D eigenvalue weighted by Gasteiger charge is -2.19. The van der Waals surface area contributed by atoms with Gasteiger partial charge in [-0.2, -0.15) is 0 Å². The lowest BCUT2D eigenvalue weighted by atomic mass is 9.93. The van der Waals surface area contributed by atoms with Gasteiger partial charge in [0.25, 0.3) is 0 Å². The highest BCUT2D eigenvalue weighted by atomic mass is 35.5. The number of nitrogens with zero attached hydrogens (tertiary/aromatic N) is 1. The first-order valence-electron chi connectivity index (χ1n) is 9.00. The minimum atomic E-state index is -0.833. The van der Waals surface area contributed by atoms with Crippen molar-refractivity contribution in [3.8, 4) is 17.0 Å².